The van der Waals surface area contributed by atoms with Gasteiger partial charge in [-0.05, 0) is 32.3 Å². The fourth-order valence-electron chi connectivity index (χ4n) is 2.67. The quantitative estimate of drug-likeness (QED) is 0.279. The van der Waals surface area contributed by atoms with Crippen LogP contribution < -0.4 is 10.6 Å². The maximum Gasteiger partial charge on any atom is 0.410 e. The molecule has 0 saturated heterocycles. The molecule has 1 rings (SSSR count). The maximum atomic E-state index is 12.1. The molecule has 2 atom stereocenters. The maximum absolute atomic E-state index is 12.1. The van der Waals surface area contributed by atoms with Gasteiger partial charge in [0.15, 0.2) is 5.96 Å². The number of halogens is 1. The molecule has 1 aromatic rings. The molecule has 0 aromatic heterocycles. The molecule has 0 aliphatic heterocycles. The lowest BCUT2D eigenvalue weighted by atomic mass is 10.0. The van der Waals surface area contributed by atoms with Gasteiger partial charge in [0, 0.05) is 39.6 Å². The van der Waals surface area contributed by atoms with Crippen LogP contribution in [0.3, 0.4) is 0 Å². The molecule has 0 fully saturated rings. The average molecular weight is 520 g/mol. The summed E-state index contributed by atoms with van der Waals surface area (Å²) in [6.07, 6.45) is -0.324. The highest BCUT2D eigenvalue weighted by atomic mass is 127. The van der Waals surface area contributed by atoms with Crippen LogP contribution in [0, 0.1) is 5.92 Å². The standard InChI is InChI=1S/C21H36N4O3.HI/c1-16(14-25(6)20(27)28-21(2,3)4)12-23-19(22-5)24-13-18(15-26)17-10-8-7-9-11-17;/h7-11,16,18,26H,12-15H2,1-6H3,(H2,22,23,24);1H. The van der Waals surface area contributed by atoms with Crippen molar-refractivity contribution >= 4 is 36.0 Å². The number of rotatable bonds is 8. The molecule has 29 heavy (non-hydrogen) atoms. The summed E-state index contributed by atoms with van der Waals surface area (Å²) in [6, 6.07) is 9.91. The van der Waals surface area contributed by atoms with Crippen LogP contribution in [-0.2, 0) is 4.74 Å². The Kier molecular flexibility index (Phi) is 12.9. The summed E-state index contributed by atoms with van der Waals surface area (Å²) in [5.41, 5.74) is 0.584. The molecular formula is C21H37IN4O3. The number of hydrogen-bond acceptors (Lipinski definition) is 4. The van der Waals surface area contributed by atoms with E-state index in [1.807, 2.05) is 51.1 Å². The number of aliphatic imine (C=N–C) groups is 1. The zero-order valence-corrected chi connectivity index (χ0v) is 20.8. The second-order valence-electron chi connectivity index (χ2n) is 8.09. The second-order valence-corrected chi connectivity index (χ2v) is 8.09. The Balaban J connectivity index is 0.00000784. The Labute approximate surface area is 192 Å². The predicted molar refractivity (Wildman–Crippen MR) is 129 cm³/mol. The minimum Gasteiger partial charge on any atom is -0.444 e. The molecule has 2 unspecified atom stereocenters. The Bertz CT molecular complexity index is 620. The number of aliphatic hydroxyl groups is 1. The summed E-state index contributed by atoms with van der Waals surface area (Å²) in [5, 5.41) is 16.2. The number of guanidine groups is 1. The van der Waals surface area contributed by atoms with Crippen molar-refractivity contribution in [2.75, 3.05) is 40.3 Å². The summed E-state index contributed by atoms with van der Waals surface area (Å²) < 4.78 is 5.37. The Hall–Kier alpha value is -1.55. The van der Waals surface area contributed by atoms with Crippen molar-refractivity contribution in [1.82, 2.24) is 15.5 Å². The number of carbonyl (C=O) groups is 1. The van der Waals surface area contributed by atoms with Gasteiger partial charge in [-0.1, -0.05) is 37.3 Å². The van der Waals surface area contributed by atoms with Gasteiger partial charge in [0.25, 0.3) is 0 Å². The van der Waals surface area contributed by atoms with Crippen molar-refractivity contribution < 1.29 is 14.6 Å². The minimum absolute atomic E-state index is 0. The second kappa shape index (κ2) is 13.6. The Morgan fingerprint density at radius 2 is 1.79 bits per heavy atom. The summed E-state index contributed by atoms with van der Waals surface area (Å²) in [5.74, 6) is 0.871. The molecule has 0 aliphatic rings. The van der Waals surface area contributed by atoms with Gasteiger partial charge in [-0.3, -0.25) is 4.99 Å². The van der Waals surface area contributed by atoms with E-state index in [4.69, 9.17) is 4.74 Å². The number of nitrogens with zero attached hydrogens (tertiary/aromatic N) is 2. The number of ether oxygens (including phenoxy) is 1. The highest BCUT2D eigenvalue weighted by Gasteiger charge is 2.20. The van der Waals surface area contributed by atoms with E-state index in [0.29, 0.717) is 25.6 Å². The van der Waals surface area contributed by atoms with Crippen LogP contribution >= 0.6 is 24.0 Å². The smallest absolute Gasteiger partial charge is 0.410 e. The lowest BCUT2D eigenvalue weighted by Crippen LogP contribution is -2.44. The molecule has 0 heterocycles. The molecule has 3 N–H and O–H groups in total. The van der Waals surface area contributed by atoms with Crippen LogP contribution in [0.5, 0.6) is 0 Å². The van der Waals surface area contributed by atoms with Gasteiger partial charge in [-0.15, -0.1) is 24.0 Å². The monoisotopic (exact) mass is 520 g/mol. The summed E-state index contributed by atoms with van der Waals surface area (Å²) >= 11 is 0. The number of amides is 1. The van der Waals surface area contributed by atoms with Gasteiger partial charge in [0.2, 0.25) is 0 Å². The van der Waals surface area contributed by atoms with E-state index in [2.05, 4.69) is 22.5 Å². The first-order chi connectivity index (χ1) is 13.2. The van der Waals surface area contributed by atoms with Crippen molar-refractivity contribution in [3.8, 4) is 0 Å². The van der Waals surface area contributed by atoms with Gasteiger partial charge in [-0.2, -0.15) is 0 Å². The van der Waals surface area contributed by atoms with E-state index in [1.54, 1.807) is 19.0 Å². The molecule has 166 valence electrons. The fourth-order valence-corrected chi connectivity index (χ4v) is 2.67. The molecule has 0 saturated carbocycles. The van der Waals surface area contributed by atoms with Gasteiger partial charge >= 0.3 is 6.09 Å². The van der Waals surface area contributed by atoms with Crippen molar-refractivity contribution in [3.63, 3.8) is 0 Å². The highest BCUT2D eigenvalue weighted by Crippen LogP contribution is 2.13. The number of nitrogens with one attached hydrogen (secondary N) is 2. The van der Waals surface area contributed by atoms with Crippen LogP contribution in [0.25, 0.3) is 0 Å². The fraction of sp³-hybridized carbons (Fsp3) is 0.619. The molecule has 0 aliphatic carbocycles. The largest absolute Gasteiger partial charge is 0.444 e. The van der Waals surface area contributed by atoms with Gasteiger partial charge in [0.05, 0.1) is 6.61 Å². The van der Waals surface area contributed by atoms with Crippen molar-refractivity contribution in [1.29, 1.82) is 0 Å². The number of carbonyl (C=O) groups excluding carboxylic acids is 1. The van der Waals surface area contributed by atoms with Crippen LogP contribution in [-0.4, -0.2) is 68.0 Å². The number of hydrogen-bond donors (Lipinski definition) is 3. The van der Waals surface area contributed by atoms with Gasteiger partial charge in [-0.25, -0.2) is 4.79 Å². The van der Waals surface area contributed by atoms with Crippen molar-refractivity contribution in [3.05, 3.63) is 35.9 Å². The molecule has 0 bridgehead atoms. The first-order valence-corrected chi connectivity index (χ1v) is 9.70. The molecule has 7 nitrogen and oxygen atoms in total. The molecule has 1 aromatic carbocycles. The van der Waals surface area contributed by atoms with Crippen molar-refractivity contribution in [2.45, 2.75) is 39.2 Å². The van der Waals surface area contributed by atoms with E-state index in [1.165, 1.54) is 0 Å². The summed E-state index contributed by atoms with van der Waals surface area (Å²) in [6.45, 7) is 9.49. The first-order valence-electron chi connectivity index (χ1n) is 9.70. The third-order valence-electron chi connectivity index (χ3n) is 4.14. The normalized spacial score (nSPS) is 13.7. The van der Waals surface area contributed by atoms with E-state index in [9.17, 15) is 9.90 Å². The molecular weight excluding hydrogens is 483 g/mol. The zero-order chi connectivity index (χ0) is 21.2. The summed E-state index contributed by atoms with van der Waals surface area (Å²) in [7, 11) is 3.45. The SMILES string of the molecule is CN=C(NCC(C)CN(C)C(=O)OC(C)(C)C)NCC(CO)c1ccccc1.I. The van der Waals surface area contributed by atoms with Crippen molar-refractivity contribution in [2.24, 2.45) is 10.9 Å². The van der Waals surface area contributed by atoms with Crippen LogP contribution in [0.15, 0.2) is 35.3 Å². The topological polar surface area (TPSA) is 86.2 Å². The summed E-state index contributed by atoms with van der Waals surface area (Å²) in [4.78, 5) is 17.9. The lowest BCUT2D eigenvalue weighted by molar-refractivity contribution is 0.0278. The average Bonchev–Trinajstić information content (AvgIpc) is 2.64. The molecule has 0 spiro atoms. The first kappa shape index (κ1) is 27.5. The van der Waals surface area contributed by atoms with E-state index in [0.717, 1.165) is 5.56 Å². The Morgan fingerprint density at radius 1 is 1.21 bits per heavy atom. The number of benzene rings is 1. The van der Waals surface area contributed by atoms with E-state index >= 15 is 0 Å². The lowest BCUT2D eigenvalue weighted by Gasteiger charge is -2.27. The molecule has 1 amide bonds. The molecule has 8 heteroatoms. The molecule has 0 radical (unpaired) electrons. The van der Waals surface area contributed by atoms with Crippen LogP contribution in [0.2, 0.25) is 0 Å². The van der Waals surface area contributed by atoms with E-state index in [-0.39, 0.29) is 48.5 Å². The highest BCUT2D eigenvalue weighted by molar-refractivity contribution is 14.0. The van der Waals surface area contributed by atoms with E-state index < -0.39 is 5.60 Å². The Morgan fingerprint density at radius 3 is 2.31 bits per heavy atom. The number of aliphatic hydroxyl groups excluding tert-OH is 1. The van der Waals surface area contributed by atoms with Gasteiger partial charge in [0.1, 0.15) is 5.60 Å². The van der Waals surface area contributed by atoms with Crippen LogP contribution in [0.4, 0.5) is 4.79 Å². The van der Waals surface area contributed by atoms with Gasteiger partial charge < -0.3 is 25.4 Å². The van der Waals surface area contributed by atoms with Crippen LogP contribution in [0.1, 0.15) is 39.2 Å². The zero-order valence-electron chi connectivity index (χ0n) is 18.4. The minimum atomic E-state index is -0.499. The predicted octanol–water partition coefficient (Wildman–Crippen LogP) is 3.05. The third-order valence-corrected chi connectivity index (χ3v) is 4.14. The third kappa shape index (κ3) is 11.3.